The molecule has 131 valence electrons. The Morgan fingerprint density at radius 1 is 1.08 bits per heavy atom. The molecule has 4 rings (SSSR count). The monoisotopic (exact) mass is 338 g/mol. The highest BCUT2D eigenvalue weighted by Crippen LogP contribution is 2.26. The van der Waals surface area contributed by atoms with Gasteiger partial charge in [-0.05, 0) is 36.6 Å². The van der Waals surface area contributed by atoms with Crippen molar-refractivity contribution in [2.45, 2.75) is 18.9 Å². The highest BCUT2D eigenvalue weighted by Gasteiger charge is 2.19. The summed E-state index contributed by atoms with van der Waals surface area (Å²) in [5, 5.41) is 9.84. The van der Waals surface area contributed by atoms with Crippen LogP contribution in [0.15, 0.2) is 36.5 Å². The molecule has 1 atom stereocenters. The van der Waals surface area contributed by atoms with Gasteiger partial charge in [0.25, 0.3) is 0 Å². The smallest absolute Gasteiger partial charge is 0.128 e. The van der Waals surface area contributed by atoms with Crippen LogP contribution in [-0.2, 0) is 4.74 Å². The minimum Gasteiger partial charge on any atom is -0.391 e. The maximum Gasteiger partial charge on any atom is 0.128 e. The van der Waals surface area contributed by atoms with E-state index in [1.54, 1.807) is 0 Å². The van der Waals surface area contributed by atoms with Crippen molar-refractivity contribution < 1.29 is 9.84 Å². The van der Waals surface area contributed by atoms with Gasteiger partial charge in [0.1, 0.15) is 5.82 Å². The first kappa shape index (κ1) is 16.4. The minimum atomic E-state index is -0.242. The van der Waals surface area contributed by atoms with Crippen LogP contribution >= 0.6 is 0 Å². The number of aromatic nitrogens is 1. The van der Waals surface area contributed by atoms with Gasteiger partial charge in [0.15, 0.2) is 0 Å². The lowest BCUT2D eigenvalue weighted by molar-refractivity contribution is 0.122. The molecule has 3 heterocycles. The number of benzene rings is 1. The van der Waals surface area contributed by atoms with Crippen molar-refractivity contribution in [3.63, 3.8) is 0 Å². The summed E-state index contributed by atoms with van der Waals surface area (Å²) in [6.07, 6.45) is 3.57. The first-order chi connectivity index (χ1) is 12.3. The number of ether oxygens (including phenoxy) is 1. The highest BCUT2D eigenvalue weighted by molar-refractivity contribution is 5.68. The molecule has 2 aliphatic heterocycles. The number of pyridine rings is 1. The van der Waals surface area contributed by atoms with Gasteiger partial charge in [0.2, 0.25) is 0 Å². The van der Waals surface area contributed by atoms with Crippen LogP contribution in [0.1, 0.15) is 12.8 Å². The molecule has 1 N–H and O–H groups in total. The average Bonchev–Trinajstić information content (AvgIpc) is 2.69. The zero-order valence-corrected chi connectivity index (χ0v) is 14.4. The lowest BCUT2D eigenvalue weighted by atomic mass is 10.1. The molecule has 1 radical (unpaired) electrons. The number of anilines is 2. The maximum absolute atomic E-state index is 9.84. The van der Waals surface area contributed by atoms with E-state index >= 15 is 0 Å². The predicted molar refractivity (Wildman–Crippen MR) is 99.0 cm³/mol. The van der Waals surface area contributed by atoms with E-state index in [1.807, 2.05) is 12.3 Å². The Morgan fingerprint density at radius 2 is 1.96 bits per heavy atom. The van der Waals surface area contributed by atoms with Crippen molar-refractivity contribution in [3.8, 4) is 11.1 Å². The molecule has 0 aliphatic carbocycles. The number of aliphatic hydroxyl groups excluding tert-OH is 1. The number of aliphatic hydroxyl groups is 1. The topological polar surface area (TPSA) is 48.8 Å². The summed E-state index contributed by atoms with van der Waals surface area (Å²) in [6.45, 7) is 5.00. The lowest BCUT2D eigenvalue weighted by Crippen LogP contribution is -2.38. The first-order valence-corrected chi connectivity index (χ1v) is 9.04. The molecular formula is C20H24N3O2. The van der Waals surface area contributed by atoms with Crippen LogP contribution in [-0.4, -0.2) is 55.6 Å². The van der Waals surface area contributed by atoms with Gasteiger partial charge in [-0.25, -0.2) is 4.98 Å². The summed E-state index contributed by atoms with van der Waals surface area (Å²) < 4.78 is 5.43. The number of hydrogen-bond acceptors (Lipinski definition) is 5. The van der Waals surface area contributed by atoms with Crippen LogP contribution in [0.4, 0.5) is 11.5 Å². The Bertz CT molecular complexity index is 698. The largest absolute Gasteiger partial charge is 0.391 e. The number of morpholine rings is 1. The quantitative estimate of drug-likeness (QED) is 0.931. The molecule has 2 aliphatic rings. The third-order valence-corrected chi connectivity index (χ3v) is 4.91. The Morgan fingerprint density at radius 3 is 2.72 bits per heavy atom. The second-order valence-electron chi connectivity index (χ2n) is 6.70. The van der Waals surface area contributed by atoms with Crippen molar-refractivity contribution >= 4 is 11.5 Å². The van der Waals surface area contributed by atoms with Crippen LogP contribution in [0, 0.1) is 6.07 Å². The molecule has 0 spiro atoms. The SMILES string of the molecule is O[C@@H]1CCCN(c2ccc(-c3[c]c(N4CCOCC4)ccc3)cn2)C1. The van der Waals surface area contributed by atoms with Crippen LogP contribution in [0.2, 0.25) is 0 Å². The molecule has 0 unspecified atom stereocenters. The van der Waals surface area contributed by atoms with Gasteiger partial charge in [-0.3, -0.25) is 0 Å². The molecule has 0 saturated carbocycles. The molecule has 1 aromatic heterocycles. The Balaban J connectivity index is 1.51. The van der Waals surface area contributed by atoms with E-state index in [4.69, 9.17) is 4.74 Å². The van der Waals surface area contributed by atoms with Crippen molar-refractivity contribution in [1.29, 1.82) is 0 Å². The normalized spacial score (nSPS) is 21.4. The average molecular weight is 338 g/mol. The van der Waals surface area contributed by atoms with E-state index in [2.05, 4.69) is 45.1 Å². The van der Waals surface area contributed by atoms with Crippen LogP contribution in [0.3, 0.4) is 0 Å². The van der Waals surface area contributed by atoms with Gasteiger partial charge in [-0.15, -0.1) is 0 Å². The number of piperidine rings is 1. The number of rotatable bonds is 3. The van der Waals surface area contributed by atoms with E-state index < -0.39 is 0 Å². The second kappa shape index (κ2) is 7.42. The summed E-state index contributed by atoms with van der Waals surface area (Å²) in [7, 11) is 0. The van der Waals surface area contributed by atoms with Gasteiger partial charge >= 0.3 is 0 Å². The van der Waals surface area contributed by atoms with Crippen LogP contribution in [0.25, 0.3) is 11.1 Å². The number of nitrogens with zero attached hydrogens (tertiary/aromatic N) is 3. The van der Waals surface area contributed by atoms with Gasteiger partial charge in [-0.2, -0.15) is 0 Å². The fraction of sp³-hybridized carbons (Fsp3) is 0.450. The fourth-order valence-corrected chi connectivity index (χ4v) is 3.51. The maximum atomic E-state index is 9.84. The molecule has 0 amide bonds. The van der Waals surface area contributed by atoms with Gasteiger partial charge in [0.05, 0.1) is 19.3 Å². The third kappa shape index (κ3) is 3.78. The minimum absolute atomic E-state index is 0.242. The van der Waals surface area contributed by atoms with Crippen molar-refractivity contribution in [2.24, 2.45) is 0 Å². The van der Waals surface area contributed by atoms with E-state index in [-0.39, 0.29) is 6.10 Å². The Kier molecular flexibility index (Phi) is 4.85. The van der Waals surface area contributed by atoms with E-state index in [9.17, 15) is 5.11 Å². The van der Waals surface area contributed by atoms with E-state index in [0.717, 1.165) is 68.3 Å². The molecule has 0 bridgehead atoms. The van der Waals surface area contributed by atoms with Crippen molar-refractivity contribution in [1.82, 2.24) is 4.98 Å². The molecule has 25 heavy (non-hydrogen) atoms. The van der Waals surface area contributed by atoms with Gasteiger partial charge in [-0.1, -0.05) is 12.1 Å². The third-order valence-electron chi connectivity index (χ3n) is 4.91. The Hall–Kier alpha value is -2.11. The molecule has 2 aromatic rings. The molecule has 5 heteroatoms. The predicted octanol–water partition coefficient (Wildman–Crippen LogP) is 2.35. The fourth-order valence-electron chi connectivity index (χ4n) is 3.51. The lowest BCUT2D eigenvalue weighted by Gasteiger charge is -2.31. The molecule has 2 saturated heterocycles. The summed E-state index contributed by atoms with van der Waals surface area (Å²) in [6, 6.07) is 13.9. The molecule has 1 aromatic carbocycles. The van der Waals surface area contributed by atoms with Crippen molar-refractivity contribution in [3.05, 3.63) is 42.6 Å². The second-order valence-corrected chi connectivity index (χ2v) is 6.70. The molecule has 2 fully saturated rings. The summed E-state index contributed by atoms with van der Waals surface area (Å²) in [5.74, 6) is 0.937. The van der Waals surface area contributed by atoms with Crippen LogP contribution in [0.5, 0.6) is 0 Å². The zero-order chi connectivity index (χ0) is 17.1. The van der Waals surface area contributed by atoms with Crippen LogP contribution < -0.4 is 9.80 Å². The number of β-amino-alcohol motifs (C(OH)–C–C–N with tert-alkyl or cyclic N) is 1. The number of hydrogen-bond donors (Lipinski definition) is 1. The highest BCUT2D eigenvalue weighted by atomic mass is 16.5. The van der Waals surface area contributed by atoms with Gasteiger partial charge < -0.3 is 19.6 Å². The summed E-state index contributed by atoms with van der Waals surface area (Å²) >= 11 is 0. The van der Waals surface area contributed by atoms with E-state index in [1.165, 1.54) is 0 Å². The van der Waals surface area contributed by atoms with E-state index in [0.29, 0.717) is 6.54 Å². The zero-order valence-electron chi connectivity index (χ0n) is 14.4. The molecule has 5 nitrogen and oxygen atoms in total. The van der Waals surface area contributed by atoms with Gasteiger partial charge in [0, 0.05) is 49.7 Å². The standard InChI is InChI=1S/C20H24N3O2/c24-19-5-2-8-23(15-19)20-7-6-17(14-21-20)16-3-1-4-18(13-16)22-9-11-25-12-10-22/h1,3-4,6-7,14,19,24H,2,5,8-12,15H2/t19-/m1/s1. The Labute approximate surface area is 148 Å². The van der Waals surface area contributed by atoms with Crippen molar-refractivity contribution in [2.75, 3.05) is 49.2 Å². The first-order valence-electron chi connectivity index (χ1n) is 9.04. The summed E-state index contributed by atoms with van der Waals surface area (Å²) in [5.41, 5.74) is 3.24. The molecular weight excluding hydrogens is 314 g/mol. The summed E-state index contributed by atoms with van der Waals surface area (Å²) in [4.78, 5) is 9.08.